The summed E-state index contributed by atoms with van der Waals surface area (Å²) in [5, 5.41) is 0. The van der Waals surface area contributed by atoms with Crippen LogP contribution in [0.1, 0.15) is 42.2 Å². The average molecular weight is 356 g/mol. The Bertz CT molecular complexity index is 777. The van der Waals surface area contributed by atoms with E-state index >= 15 is 0 Å². The van der Waals surface area contributed by atoms with Crippen LogP contribution in [0.4, 0.5) is 4.39 Å². The normalized spacial score (nSPS) is 19.6. The Morgan fingerprint density at radius 1 is 1.23 bits per heavy atom. The van der Waals surface area contributed by atoms with Crippen LogP contribution in [0.15, 0.2) is 48.8 Å². The van der Waals surface area contributed by atoms with E-state index < -0.39 is 12.0 Å². The summed E-state index contributed by atoms with van der Waals surface area (Å²) in [5.41, 5.74) is 1.17. The van der Waals surface area contributed by atoms with Crippen molar-refractivity contribution in [2.75, 3.05) is 6.54 Å². The Kier molecular flexibility index (Phi) is 5.30. The SMILES string of the molecule is CC(C)OC(=O)[C@@H]1CCN(C(=O)c2cccnc2)[C@@H]1c1ccc(F)cc1. The highest BCUT2D eigenvalue weighted by atomic mass is 19.1. The molecule has 1 amide bonds. The first kappa shape index (κ1) is 18.0. The van der Waals surface area contributed by atoms with Crippen LogP contribution in [-0.4, -0.2) is 34.4 Å². The fraction of sp³-hybridized carbons (Fsp3) is 0.350. The van der Waals surface area contributed by atoms with Gasteiger partial charge >= 0.3 is 5.97 Å². The van der Waals surface area contributed by atoms with E-state index in [0.717, 1.165) is 0 Å². The van der Waals surface area contributed by atoms with Crippen LogP contribution in [0.2, 0.25) is 0 Å². The molecule has 26 heavy (non-hydrogen) atoms. The zero-order chi connectivity index (χ0) is 18.7. The first-order chi connectivity index (χ1) is 12.5. The molecule has 0 saturated carbocycles. The van der Waals surface area contributed by atoms with Gasteiger partial charge in [0.15, 0.2) is 0 Å². The number of pyridine rings is 1. The van der Waals surface area contributed by atoms with Gasteiger partial charge in [-0.2, -0.15) is 0 Å². The van der Waals surface area contributed by atoms with Gasteiger partial charge in [-0.1, -0.05) is 12.1 Å². The number of benzene rings is 1. The Morgan fingerprint density at radius 2 is 1.96 bits per heavy atom. The second-order valence-electron chi connectivity index (χ2n) is 6.62. The smallest absolute Gasteiger partial charge is 0.311 e. The Morgan fingerprint density at radius 3 is 2.58 bits per heavy atom. The molecule has 136 valence electrons. The molecule has 1 saturated heterocycles. The molecule has 0 unspecified atom stereocenters. The fourth-order valence-corrected chi connectivity index (χ4v) is 3.31. The summed E-state index contributed by atoms with van der Waals surface area (Å²) in [5.74, 6) is -1.38. The number of nitrogens with zero attached hydrogens (tertiary/aromatic N) is 2. The summed E-state index contributed by atoms with van der Waals surface area (Å²) in [7, 11) is 0. The van der Waals surface area contributed by atoms with Crippen molar-refractivity contribution in [3.8, 4) is 0 Å². The van der Waals surface area contributed by atoms with Crippen LogP contribution >= 0.6 is 0 Å². The van der Waals surface area contributed by atoms with E-state index in [4.69, 9.17) is 4.74 Å². The number of rotatable bonds is 4. The summed E-state index contributed by atoms with van der Waals surface area (Å²) in [4.78, 5) is 31.2. The van der Waals surface area contributed by atoms with Gasteiger partial charge in [-0.3, -0.25) is 14.6 Å². The highest BCUT2D eigenvalue weighted by Gasteiger charge is 2.43. The van der Waals surface area contributed by atoms with Crippen molar-refractivity contribution < 1.29 is 18.7 Å². The second-order valence-corrected chi connectivity index (χ2v) is 6.62. The molecule has 0 aliphatic carbocycles. The van der Waals surface area contributed by atoms with Gasteiger partial charge < -0.3 is 9.64 Å². The predicted octanol–water partition coefficient (Wildman–Crippen LogP) is 3.38. The lowest BCUT2D eigenvalue weighted by atomic mass is 9.93. The molecule has 3 rings (SSSR count). The number of hydrogen-bond acceptors (Lipinski definition) is 4. The van der Waals surface area contributed by atoms with Gasteiger partial charge in [0.05, 0.1) is 23.6 Å². The molecular formula is C20H21FN2O3. The van der Waals surface area contributed by atoms with Gasteiger partial charge in [0, 0.05) is 18.9 Å². The second kappa shape index (κ2) is 7.64. The van der Waals surface area contributed by atoms with Crippen molar-refractivity contribution >= 4 is 11.9 Å². The first-order valence-corrected chi connectivity index (χ1v) is 8.64. The number of amides is 1. The van der Waals surface area contributed by atoms with Crippen molar-refractivity contribution in [3.05, 3.63) is 65.7 Å². The maximum Gasteiger partial charge on any atom is 0.311 e. The lowest BCUT2D eigenvalue weighted by molar-refractivity contribution is -0.153. The van der Waals surface area contributed by atoms with Crippen LogP contribution in [0.25, 0.3) is 0 Å². The van der Waals surface area contributed by atoms with E-state index in [1.54, 1.807) is 49.2 Å². The molecule has 1 aliphatic rings. The summed E-state index contributed by atoms with van der Waals surface area (Å²) in [6, 6.07) is 8.80. The minimum Gasteiger partial charge on any atom is -0.463 e. The maximum atomic E-state index is 13.3. The quantitative estimate of drug-likeness (QED) is 0.788. The van der Waals surface area contributed by atoms with Gasteiger partial charge in [-0.15, -0.1) is 0 Å². The third kappa shape index (κ3) is 3.74. The van der Waals surface area contributed by atoms with Crippen LogP contribution in [0.3, 0.4) is 0 Å². The number of hydrogen-bond donors (Lipinski definition) is 0. The topological polar surface area (TPSA) is 59.5 Å². The summed E-state index contributed by atoms with van der Waals surface area (Å²) in [6.45, 7) is 4.00. The molecule has 1 fully saturated rings. The Hall–Kier alpha value is -2.76. The molecule has 6 heteroatoms. The third-order valence-electron chi connectivity index (χ3n) is 4.43. The monoisotopic (exact) mass is 356 g/mol. The molecule has 2 atom stereocenters. The summed E-state index contributed by atoms with van der Waals surface area (Å²) < 4.78 is 18.7. The molecule has 1 aliphatic heterocycles. The minimum atomic E-state index is -0.491. The van der Waals surface area contributed by atoms with E-state index in [0.29, 0.717) is 24.1 Å². The zero-order valence-electron chi connectivity index (χ0n) is 14.8. The molecule has 0 bridgehead atoms. The highest BCUT2D eigenvalue weighted by Crippen LogP contribution is 2.39. The average Bonchev–Trinajstić information content (AvgIpc) is 3.07. The molecule has 1 aromatic heterocycles. The molecule has 1 aromatic carbocycles. The zero-order valence-corrected chi connectivity index (χ0v) is 14.8. The van der Waals surface area contributed by atoms with Crippen LogP contribution in [0, 0.1) is 11.7 Å². The van der Waals surface area contributed by atoms with E-state index in [1.807, 2.05) is 0 Å². The van der Waals surface area contributed by atoms with E-state index in [2.05, 4.69) is 4.98 Å². The number of carbonyl (C=O) groups excluding carboxylic acids is 2. The van der Waals surface area contributed by atoms with Crippen LogP contribution in [0.5, 0.6) is 0 Å². The van der Waals surface area contributed by atoms with E-state index in [-0.39, 0.29) is 23.8 Å². The minimum absolute atomic E-state index is 0.202. The number of esters is 1. The highest BCUT2D eigenvalue weighted by molar-refractivity contribution is 5.95. The van der Waals surface area contributed by atoms with Crippen LogP contribution in [-0.2, 0) is 9.53 Å². The third-order valence-corrected chi connectivity index (χ3v) is 4.43. The molecular weight excluding hydrogens is 335 g/mol. The lowest BCUT2D eigenvalue weighted by Gasteiger charge is -2.28. The molecule has 2 heterocycles. The number of halogens is 1. The van der Waals surface area contributed by atoms with Crippen LogP contribution < -0.4 is 0 Å². The summed E-state index contributed by atoms with van der Waals surface area (Å²) >= 11 is 0. The van der Waals surface area contributed by atoms with Gasteiger partial charge in [0.1, 0.15) is 5.82 Å². The largest absolute Gasteiger partial charge is 0.463 e. The van der Waals surface area contributed by atoms with Gasteiger partial charge in [0.2, 0.25) is 0 Å². The van der Waals surface area contributed by atoms with Crippen molar-refractivity contribution in [2.24, 2.45) is 5.92 Å². The molecule has 2 aromatic rings. The molecule has 0 spiro atoms. The van der Waals surface area contributed by atoms with Crippen molar-refractivity contribution in [2.45, 2.75) is 32.4 Å². The Balaban J connectivity index is 1.94. The van der Waals surface area contributed by atoms with E-state index in [1.165, 1.54) is 18.3 Å². The Labute approximate surface area is 151 Å². The number of aromatic nitrogens is 1. The number of likely N-dealkylation sites (tertiary alicyclic amines) is 1. The van der Waals surface area contributed by atoms with E-state index in [9.17, 15) is 14.0 Å². The maximum absolute atomic E-state index is 13.3. The molecule has 5 nitrogen and oxygen atoms in total. The number of ether oxygens (including phenoxy) is 1. The molecule has 0 radical (unpaired) electrons. The lowest BCUT2D eigenvalue weighted by Crippen LogP contribution is -2.34. The van der Waals surface area contributed by atoms with Crippen molar-refractivity contribution in [1.29, 1.82) is 0 Å². The molecule has 0 N–H and O–H groups in total. The van der Waals surface area contributed by atoms with Crippen molar-refractivity contribution in [3.63, 3.8) is 0 Å². The summed E-state index contributed by atoms with van der Waals surface area (Å²) in [6.07, 6.45) is 3.37. The predicted molar refractivity (Wildman–Crippen MR) is 93.7 cm³/mol. The van der Waals surface area contributed by atoms with Gasteiger partial charge in [-0.25, -0.2) is 4.39 Å². The fourth-order valence-electron chi connectivity index (χ4n) is 3.31. The van der Waals surface area contributed by atoms with Gasteiger partial charge in [0.25, 0.3) is 5.91 Å². The van der Waals surface area contributed by atoms with Crippen molar-refractivity contribution in [1.82, 2.24) is 9.88 Å². The standard InChI is InChI=1S/C20H21FN2O3/c1-13(2)26-20(25)17-9-11-23(19(24)15-4-3-10-22-12-15)18(17)14-5-7-16(21)8-6-14/h3-8,10,12-13,17-18H,9,11H2,1-2H3/t17-,18-/m1/s1. The van der Waals surface area contributed by atoms with Gasteiger partial charge in [-0.05, 0) is 50.1 Å². The number of carbonyl (C=O) groups is 2. The first-order valence-electron chi connectivity index (χ1n) is 8.64.